The first-order valence-corrected chi connectivity index (χ1v) is 9.29. The number of likely N-dealkylation sites (tertiary alicyclic amines) is 1. The largest absolute Gasteiger partial charge is 0.508 e. The van der Waals surface area contributed by atoms with Crippen molar-refractivity contribution in [1.82, 2.24) is 4.90 Å². The molecule has 3 rings (SSSR count). The number of piperidine rings is 1. The number of amides is 1. The van der Waals surface area contributed by atoms with Gasteiger partial charge in [0.25, 0.3) is 0 Å². The standard InChI is InChI=1S/C20H29NO2/c22-19-9-7-17(8-10-19)18-12-14-21(15-13-18)20(23)11-6-16-4-2-1-3-5-16/h7-10,16,18,22H,1-6,11-15H2. The summed E-state index contributed by atoms with van der Waals surface area (Å²) in [7, 11) is 0. The van der Waals surface area contributed by atoms with E-state index in [4.69, 9.17) is 0 Å². The van der Waals surface area contributed by atoms with Crippen LogP contribution in [0.2, 0.25) is 0 Å². The topological polar surface area (TPSA) is 40.5 Å². The Balaban J connectivity index is 1.42. The van der Waals surface area contributed by atoms with Gasteiger partial charge in [0.15, 0.2) is 0 Å². The number of phenolic OH excluding ortho intramolecular Hbond substituents is 1. The molecule has 1 heterocycles. The zero-order chi connectivity index (χ0) is 16.1. The van der Waals surface area contributed by atoms with E-state index >= 15 is 0 Å². The molecular formula is C20H29NO2. The number of nitrogens with zero attached hydrogens (tertiary/aromatic N) is 1. The molecule has 1 N–H and O–H groups in total. The zero-order valence-corrected chi connectivity index (χ0v) is 14.0. The first-order chi connectivity index (χ1) is 11.2. The summed E-state index contributed by atoms with van der Waals surface area (Å²) in [6.07, 6.45) is 10.7. The minimum absolute atomic E-state index is 0.323. The number of carbonyl (C=O) groups is 1. The second-order valence-electron chi connectivity index (χ2n) is 7.29. The summed E-state index contributed by atoms with van der Waals surface area (Å²) < 4.78 is 0. The van der Waals surface area contributed by atoms with E-state index in [1.165, 1.54) is 37.7 Å². The first kappa shape index (κ1) is 16.4. The van der Waals surface area contributed by atoms with Crippen molar-refractivity contribution in [2.45, 2.75) is 63.7 Å². The Labute approximate surface area is 139 Å². The highest BCUT2D eigenvalue weighted by Gasteiger charge is 2.24. The van der Waals surface area contributed by atoms with Gasteiger partial charge in [-0.25, -0.2) is 0 Å². The minimum atomic E-state index is 0.323. The Morgan fingerprint density at radius 1 is 1.00 bits per heavy atom. The van der Waals surface area contributed by atoms with E-state index in [1.807, 2.05) is 12.1 Å². The molecule has 1 saturated carbocycles. The van der Waals surface area contributed by atoms with Crippen molar-refractivity contribution < 1.29 is 9.90 Å². The Morgan fingerprint density at radius 2 is 1.65 bits per heavy atom. The van der Waals surface area contributed by atoms with Crippen LogP contribution in [0.3, 0.4) is 0 Å². The van der Waals surface area contributed by atoms with Crippen LogP contribution in [0.15, 0.2) is 24.3 Å². The summed E-state index contributed by atoms with van der Waals surface area (Å²) in [5.74, 6) is 2.00. The maximum absolute atomic E-state index is 12.4. The molecular weight excluding hydrogens is 286 g/mol. The van der Waals surface area contributed by atoms with Gasteiger partial charge < -0.3 is 10.0 Å². The lowest BCUT2D eigenvalue weighted by molar-refractivity contribution is -0.132. The van der Waals surface area contributed by atoms with Crippen LogP contribution in [-0.2, 0) is 4.79 Å². The molecule has 0 spiro atoms. The predicted molar refractivity (Wildman–Crippen MR) is 92.5 cm³/mol. The third-order valence-corrected chi connectivity index (χ3v) is 5.70. The third-order valence-electron chi connectivity index (χ3n) is 5.70. The van der Waals surface area contributed by atoms with Crippen molar-refractivity contribution in [3.8, 4) is 5.75 Å². The van der Waals surface area contributed by atoms with Crippen LogP contribution in [-0.4, -0.2) is 29.0 Å². The van der Waals surface area contributed by atoms with Crippen molar-refractivity contribution in [2.75, 3.05) is 13.1 Å². The zero-order valence-electron chi connectivity index (χ0n) is 14.0. The number of aromatic hydroxyl groups is 1. The smallest absolute Gasteiger partial charge is 0.222 e. The van der Waals surface area contributed by atoms with Crippen molar-refractivity contribution in [3.63, 3.8) is 0 Å². The van der Waals surface area contributed by atoms with E-state index in [1.54, 1.807) is 12.1 Å². The highest BCUT2D eigenvalue weighted by Crippen LogP contribution is 2.30. The molecule has 3 heteroatoms. The summed E-state index contributed by atoms with van der Waals surface area (Å²) >= 11 is 0. The molecule has 0 bridgehead atoms. The van der Waals surface area contributed by atoms with Gasteiger partial charge in [0, 0.05) is 19.5 Å². The molecule has 0 atom stereocenters. The molecule has 1 aliphatic carbocycles. The van der Waals surface area contributed by atoms with E-state index in [0.29, 0.717) is 17.6 Å². The first-order valence-electron chi connectivity index (χ1n) is 9.29. The summed E-state index contributed by atoms with van der Waals surface area (Å²) in [5.41, 5.74) is 1.29. The van der Waals surface area contributed by atoms with Crippen LogP contribution in [0.1, 0.15) is 69.3 Å². The quantitative estimate of drug-likeness (QED) is 0.891. The fraction of sp³-hybridized carbons (Fsp3) is 0.650. The third kappa shape index (κ3) is 4.49. The van der Waals surface area contributed by atoms with Gasteiger partial charge in [-0.1, -0.05) is 44.2 Å². The van der Waals surface area contributed by atoms with Crippen molar-refractivity contribution in [3.05, 3.63) is 29.8 Å². The lowest BCUT2D eigenvalue weighted by atomic mass is 9.85. The average Bonchev–Trinajstić information content (AvgIpc) is 2.61. The fourth-order valence-corrected chi connectivity index (χ4v) is 4.17. The number of phenols is 1. The van der Waals surface area contributed by atoms with Crippen molar-refractivity contribution in [2.24, 2.45) is 5.92 Å². The van der Waals surface area contributed by atoms with E-state index in [-0.39, 0.29) is 0 Å². The summed E-state index contributed by atoms with van der Waals surface area (Å²) in [4.78, 5) is 14.5. The van der Waals surface area contributed by atoms with Crippen LogP contribution in [0.25, 0.3) is 0 Å². The number of carbonyl (C=O) groups excluding carboxylic acids is 1. The van der Waals surface area contributed by atoms with Crippen LogP contribution in [0.4, 0.5) is 0 Å². The SMILES string of the molecule is O=C(CCC1CCCCC1)N1CCC(c2ccc(O)cc2)CC1. The molecule has 1 aliphatic heterocycles. The Bertz CT molecular complexity index is 497. The van der Waals surface area contributed by atoms with Crippen LogP contribution < -0.4 is 0 Å². The molecule has 2 fully saturated rings. The van der Waals surface area contributed by atoms with Crippen molar-refractivity contribution in [1.29, 1.82) is 0 Å². The molecule has 1 aromatic rings. The van der Waals surface area contributed by atoms with Gasteiger partial charge in [-0.15, -0.1) is 0 Å². The normalized spacial score (nSPS) is 20.6. The number of rotatable bonds is 4. The molecule has 2 aliphatic rings. The average molecular weight is 315 g/mol. The Hall–Kier alpha value is -1.51. The highest BCUT2D eigenvalue weighted by molar-refractivity contribution is 5.76. The molecule has 1 saturated heterocycles. The van der Waals surface area contributed by atoms with Gasteiger partial charge in [0.1, 0.15) is 5.75 Å². The molecule has 0 aromatic heterocycles. The van der Waals surface area contributed by atoms with Crippen LogP contribution in [0, 0.1) is 5.92 Å². The molecule has 0 radical (unpaired) electrons. The summed E-state index contributed by atoms with van der Waals surface area (Å²) in [6, 6.07) is 7.55. The summed E-state index contributed by atoms with van der Waals surface area (Å²) in [6.45, 7) is 1.77. The van der Waals surface area contributed by atoms with E-state index in [2.05, 4.69) is 4.90 Å². The van der Waals surface area contributed by atoms with Gasteiger partial charge in [-0.2, -0.15) is 0 Å². The number of hydrogen-bond acceptors (Lipinski definition) is 2. The van der Waals surface area contributed by atoms with Gasteiger partial charge in [-0.05, 0) is 48.8 Å². The molecule has 1 amide bonds. The molecule has 126 valence electrons. The second-order valence-corrected chi connectivity index (χ2v) is 7.29. The highest BCUT2D eigenvalue weighted by atomic mass is 16.3. The van der Waals surface area contributed by atoms with E-state index < -0.39 is 0 Å². The second kappa shape index (κ2) is 7.85. The number of benzene rings is 1. The van der Waals surface area contributed by atoms with Gasteiger partial charge in [0.2, 0.25) is 5.91 Å². The number of hydrogen-bond donors (Lipinski definition) is 1. The summed E-state index contributed by atoms with van der Waals surface area (Å²) in [5, 5.41) is 9.38. The molecule has 3 nitrogen and oxygen atoms in total. The molecule has 23 heavy (non-hydrogen) atoms. The fourth-order valence-electron chi connectivity index (χ4n) is 4.17. The maximum Gasteiger partial charge on any atom is 0.222 e. The Morgan fingerprint density at radius 3 is 2.30 bits per heavy atom. The lowest BCUT2D eigenvalue weighted by Crippen LogP contribution is -2.38. The van der Waals surface area contributed by atoms with Gasteiger partial charge in [0.05, 0.1) is 0 Å². The molecule has 0 unspecified atom stereocenters. The van der Waals surface area contributed by atoms with Crippen molar-refractivity contribution >= 4 is 5.91 Å². The van der Waals surface area contributed by atoms with E-state index in [0.717, 1.165) is 44.7 Å². The van der Waals surface area contributed by atoms with Crippen LogP contribution in [0.5, 0.6) is 5.75 Å². The maximum atomic E-state index is 12.4. The Kier molecular flexibility index (Phi) is 5.58. The van der Waals surface area contributed by atoms with Gasteiger partial charge >= 0.3 is 0 Å². The minimum Gasteiger partial charge on any atom is -0.508 e. The predicted octanol–water partition coefficient (Wildman–Crippen LogP) is 4.46. The van der Waals surface area contributed by atoms with E-state index in [9.17, 15) is 9.90 Å². The van der Waals surface area contributed by atoms with Gasteiger partial charge in [-0.3, -0.25) is 4.79 Å². The van der Waals surface area contributed by atoms with Crippen LogP contribution >= 0.6 is 0 Å². The lowest BCUT2D eigenvalue weighted by Gasteiger charge is -2.33. The molecule has 1 aromatic carbocycles. The monoisotopic (exact) mass is 315 g/mol.